The number of halogens is 2. The molecule has 0 heterocycles. The van der Waals surface area contributed by atoms with Crippen molar-refractivity contribution in [1.82, 2.24) is 5.32 Å². The zero-order valence-corrected chi connectivity index (χ0v) is 21.6. The van der Waals surface area contributed by atoms with Crippen LogP contribution in [0.2, 0.25) is 0 Å². The first-order chi connectivity index (χ1) is 13.7. The second-order valence-corrected chi connectivity index (χ2v) is 8.32. The smallest absolute Gasteiger partial charge is 0.407 e. The van der Waals surface area contributed by atoms with Crippen LogP contribution in [0.25, 0.3) is 0 Å². The lowest BCUT2D eigenvalue weighted by Gasteiger charge is -2.10. The molecule has 1 amide bonds. The lowest BCUT2D eigenvalue weighted by atomic mass is 10.0. The maximum atomic E-state index is 11.5. The first-order valence-electron chi connectivity index (χ1n) is 12.4. The van der Waals surface area contributed by atoms with Gasteiger partial charge in [0.25, 0.3) is 0 Å². The molecule has 0 aliphatic carbocycles. The average Bonchev–Trinajstić information content (AvgIpc) is 2.70. The Morgan fingerprint density at radius 1 is 0.733 bits per heavy atom. The van der Waals surface area contributed by atoms with E-state index in [-0.39, 0.29) is 36.9 Å². The Balaban J connectivity index is -0.00000364. The van der Waals surface area contributed by atoms with Gasteiger partial charge in [0.1, 0.15) is 0 Å². The van der Waals surface area contributed by atoms with Gasteiger partial charge in [-0.1, -0.05) is 110 Å². The van der Waals surface area contributed by atoms with Crippen LogP contribution in [0.5, 0.6) is 0 Å². The summed E-state index contributed by atoms with van der Waals surface area (Å²) in [6, 6.07) is 0.133. The molecule has 0 spiro atoms. The van der Waals surface area contributed by atoms with Crippen LogP contribution in [0.3, 0.4) is 0 Å². The van der Waals surface area contributed by atoms with Gasteiger partial charge in [0.05, 0.1) is 6.61 Å². The minimum atomic E-state index is -0.302. The molecule has 0 saturated carbocycles. The molecule has 0 radical (unpaired) electrons. The number of alkyl carbamates (subject to hydrolysis) is 1. The molecule has 0 aromatic carbocycles. The SMILES string of the molecule is CCCCCCCCCCCCCCCCCCNC(=O)OCCC(N)CC.Cl.Cl. The van der Waals surface area contributed by atoms with Crippen molar-refractivity contribution in [2.75, 3.05) is 13.2 Å². The zero-order valence-electron chi connectivity index (χ0n) is 19.9. The molecule has 1 atom stereocenters. The lowest BCUT2D eigenvalue weighted by molar-refractivity contribution is 0.142. The summed E-state index contributed by atoms with van der Waals surface area (Å²) in [5.74, 6) is 0. The summed E-state index contributed by atoms with van der Waals surface area (Å²) in [6.07, 6.45) is 23.2. The highest BCUT2D eigenvalue weighted by molar-refractivity contribution is 5.85. The summed E-state index contributed by atoms with van der Waals surface area (Å²) >= 11 is 0. The number of nitrogens with two attached hydrogens (primary N) is 1. The standard InChI is InChI=1S/C24H50N2O2.2ClH/c1-3-5-6-7-8-9-10-11-12-13-14-15-16-17-18-19-21-26-24(27)28-22-20-23(25)4-2;;/h23H,3-22,25H2,1-2H3,(H,26,27);2*1H. The van der Waals surface area contributed by atoms with E-state index in [0.29, 0.717) is 6.61 Å². The van der Waals surface area contributed by atoms with Crippen molar-refractivity contribution in [3.8, 4) is 0 Å². The highest BCUT2D eigenvalue weighted by Crippen LogP contribution is 2.13. The van der Waals surface area contributed by atoms with Gasteiger partial charge in [0.2, 0.25) is 0 Å². The van der Waals surface area contributed by atoms with Gasteiger partial charge in [0.15, 0.2) is 0 Å². The number of rotatable bonds is 21. The number of amides is 1. The van der Waals surface area contributed by atoms with Crippen molar-refractivity contribution < 1.29 is 9.53 Å². The van der Waals surface area contributed by atoms with E-state index in [2.05, 4.69) is 12.2 Å². The summed E-state index contributed by atoms with van der Waals surface area (Å²) in [4.78, 5) is 11.5. The van der Waals surface area contributed by atoms with Gasteiger partial charge in [-0.05, 0) is 19.3 Å². The summed E-state index contributed by atoms with van der Waals surface area (Å²) < 4.78 is 5.11. The summed E-state index contributed by atoms with van der Waals surface area (Å²) in [7, 11) is 0. The maximum Gasteiger partial charge on any atom is 0.407 e. The Hall–Kier alpha value is -0.190. The van der Waals surface area contributed by atoms with Crippen LogP contribution in [-0.4, -0.2) is 25.3 Å². The van der Waals surface area contributed by atoms with Gasteiger partial charge in [0, 0.05) is 12.6 Å². The molecular formula is C24H52Cl2N2O2. The topological polar surface area (TPSA) is 64.3 Å². The molecule has 0 aromatic rings. The molecule has 1 unspecified atom stereocenters. The summed E-state index contributed by atoms with van der Waals surface area (Å²) in [5, 5.41) is 2.82. The molecule has 0 rings (SSSR count). The molecule has 0 aromatic heterocycles. The van der Waals surface area contributed by atoms with Gasteiger partial charge < -0.3 is 15.8 Å². The highest BCUT2D eigenvalue weighted by atomic mass is 35.5. The predicted octanol–water partition coefficient (Wildman–Crippen LogP) is 7.95. The first-order valence-corrected chi connectivity index (χ1v) is 12.4. The molecule has 3 N–H and O–H groups in total. The van der Waals surface area contributed by atoms with Crippen molar-refractivity contribution in [2.24, 2.45) is 5.73 Å². The Morgan fingerprint density at radius 3 is 1.53 bits per heavy atom. The van der Waals surface area contributed by atoms with Crippen LogP contribution in [0.1, 0.15) is 129 Å². The van der Waals surface area contributed by atoms with Gasteiger partial charge in [-0.2, -0.15) is 0 Å². The third-order valence-electron chi connectivity index (χ3n) is 5.55. The Labute approximate surface area is 200 Å². The maximum absolute atomic E-state index is 11.5. The van der Waals surface area contributed by atoms with Gasteiger partial charge in [-0.15, -0.1) is 24.8 Å². The Kier molecular flexibility index (Phi) is 33.1. The van der Waals surface area contributed by atoms with Crippen molar-refractivity contribution in [3.63, 3.8) is 0 Å². The molecule has 30 heavy (non-hydrogen) atoms. The molecule has 0 fully saturated rings. The zero-order chi connectivity index (χ0) is 20.7. The van der Waals surface area contributed by atoms with Crippen LogP contribution < -0.4 is 11.1 Å². The number of carbonyl (C=O) groups excluding carboxylic acids is 1. The number of ether oxygens (including phenoxy) is 1. The largest absolute Gasteiger partial charge is 0.450 e. The van der Waals surface area contributed by atoms with E-state index in [0.717, 1.165) is 25.8 Å². The molecule has 0 aliphatic heterocycles. The average molecular weight is 472 g/mol. The van der Waals surface area contributed by atoms with E-state index in [1.165, 1.54) is 96.3 Å². The van der Waals surface area contributed by atoms with Gasteiger partial charge >= 0.3 is 6.09 Å². The second-order valence-electron chi connectivity index (χ2n) is 8.32. The van der Waals surface area contributed by atoms with Gasteiger partial charge in [-0.25, -0.2) is 4.79 Å². The van der Waals surface area contributed by atoms with Crippen molar-refractivity contribution in [2.45, 2.75) is 135 Å². The van der Waals surface area contributed by atoms with E-state index < -0.39 is 0 Å². The van der Waals surface area contributed by atoms with Crippen LogP contribution in [0.4, 0.5) is 4.79 Å². The van der Waals surface area contributed by atoms with Crippen LogP contribution in [-0.2, 0) is 4.74 Å². The van der Waals surface area contributed by atoms with E-state index in [1.807, 2.05) is 6.92 Å². The van der Waals surface area contributed by atoms with Crippen molar-refractivity contribution in [3.05, 3.63) is 0 Å². The quantitative estimate of drug-likeness (QED) is 0.167. The van der Waals surface area contributed by atoms with Crippen LogP contribution in [0.15, 0.2) is 0 Å². The van der Waals surface area contributed by atoms with Gasteiger partial charge in [-0.3, -0.25) is 0 Å². The molecular weight excluding hydrogens is 419 g/mol. The van der Waals surface area contributed by atoms with Crippen LogP contribution >= 0.6 is 24.8 Å². The molecule has 0 saturated heterocycles. The number of unbranched alkanes of at least 4 members (excludes halogenated alkanes) is 15. The fraction of sp³-hybridized carbons (Fsp3) is 0.958. The Bertz CT molecular complexity index is 334. The van der Waals surface area contributed by atoms with E-state index in [1.54, 1.807) is 0 Å². The summed E-state index contributed by atoms with van der Waals surface area (Å²) in [5.41, 5.74) is 5.79. The number of carbonyl (C=O) groups is 1. The summed E-state index contributed by atoms with van der Waals surface area (Å²) in [6.45, 7) is 5.46. The minimum Gasteiger partial charge on any atom is -0.450 e. The lowest BCUT2D eigenvalue weighted by Crippen LogP contribution is -2.28. The molecule has 0 bridgehead atoms. The third kappa shape index (κ3) is 27.8. The van der Waals surface area contributed by atoms with E-state index in [4.69, 9.17) is 10.5 Å². The molecule has 4 nitrogen and oxygen atoms in total. The molecule has 184 valence electrons. The third-order valence-corrected chi connectivity index (χ3v) is 5.55. The predicted molar refractivity (Wildman–Crippen MR) is 136 cm³/mol. The van der Waals surface area contributed by atoms with E-state index >= 15 is 0 Å². The Morgan fingerprint density at radius 2 is 1.13 bits per heavy atom. The first kappa shape index (κ1) is 34.4. The fourth-order valence-corrected chi connectivity index (χ4v) is 3.42. The normalized spacial score (nSPS) is 11.3. The second kappa shape index (κ2) is 28.8. The monoisotopic (exact) mass is 470 g/mol. The number of hydrogen-bond acceptors (Lipinski definition) is 3. The minimum absolute atomic E-state index is 0. The van der Waals surface area contributed by atoms with E-state index in [9.17, 15) is 4.79 Å². The molecule has 0 aliphatic rings. The van der Waals surface area contributed by atoms with Crippen molar-refractivity contribution >= 4 is 30.9 Å². The van der Waals surface area contributed by atoms with Crippen molar-refractivity contribution in [1.29, 1.82) is 0 Å². The fourth-order valence-electron chi connectivity index (χ4n) is 3.42. The molecule has 6 heteroatoms. The number of hydrogen-bond donors (Lipinski definition) is 2. The number of nitrogens with one attached hydrogen (secondary N) is 1. The highest BCUT2D eigenvalue weighted by Gasteiger charge is 2.03. The van der Waals surface area contributed by atoms with Crippen LogP contribution in [0, 0.1) is 0 Å².